The summed E-state index contributed by atoms with van der Waals surface area (Å²) >= 11 is 3.14. The van der Waals surface area contributed by atoms with Crippen LogP contribution in [0.1, 0.15) is 22.1 Å². The third kappa shape index (κ3) is 4.62. The molecule has 1 fully saturated rings. The van der Waals surface area contributed by atoms with Gasteiger partial charge in [-0.15, -0.1) is 22.7 Å². The van der Waals surface area contributed by atoms with E-state index in [0.717, 1.165) is 48.3 Å². The summed E-state index contributed by atoms with van der Waals surface area (Å²) < 4.78 is 5.44. The van der Waals surface area contributed by atoms with Crippen LogP contribution >= 0.6 is 22.7 Å². The van der Waals surface area contributed by atoms with Crippen molar-refractivity contribution >= 4 is 28.6 Å². The summed E-state index contributed by atoms with van der Waals surface area (Å²) in [6, 6.07) is 14.1. The molecule has 0 unspecified atom stereocenters. The average molecular weight is 400 g/mol. The minimum Gasteiger partial charge on any atom is -0.379 e. The summed E-state index contributed by atoms with van der Waals surface area (Å²) in [7, 11) is 0. The van der Waals surface area contributed by atoms with E-state index in [4.69, 9.17) is 4.74 Å². The predicted octanol–water partition coefficient (Wildman–Crippen LogP) is 3.67. The summed E-state index contributed by atoms with van der Waals surface area (Å²) in [5.41, 5.74) is 1.58. The summed E-state index contributed by atoms with van der Waals surface area (Å²) in [6.07, 6.45) is 0. The van der Waals surface area contributed by atoms with Crippen molar-refractivity contribution in [2.24, 2.45) is 0 Å². The second-order valence-electron chi connectivity index (χ2n) is 6.36. The van der Waals surface area contributed by atoms with E-state index in [1.165, 1.54) is 11.3 Å². The predicted molar refractivity (Wildman–Crippen MR) is 109 cm³/mol. The Balaban J connectivity index is 1.49. The number of thiazole rings is 1. The van der Waals surface area contributed by atoms with Gasteiger partial charge in [0, 0.05) is 25.0 Å². The standard InChI is InChI=1S/C20H21N3O2S2/c24-19(17-14-27-20(22-17)18-7-4-12-26-18)21-16(15-5-2-1-3-6-15)13-23-8-10-25-11-9-23/h1-7,12,14,16H,8-11,13H2,(H,21,24)/t16-/m1/s1. The molecule has 1 amide bonds. The minimum atomic E-state index is -0.129. The number of ether oxygens (including phenoxy) is 1. The number of hydrogen-bond acceptors (Lipinski definition) is 6. The van der Waals surface area contributed by atoms with E-state index >= 15 is 0 Å². The first kappa shape index (κ1) is 18.3. The fraction of sp³-hybridized carbons (Fsp3) is 0.300. The Labute approximate surface area is 166 Å². The van der Waals surface area contributed by atoms with Gasteiger partial charge in [0.1, 0.15) is 10.7 Å². The molecule has 0 spiro atoms. The van der Waals surface area contributed by atoms with Gasteiger partial charge in [0.15, 0.2) is 0 Å². The molecule has 4 rings (SSSR count). The molecule has 3 heterocycles. The molecular weight excluding hydrogens is 378 g/mol. The van der Waals surface area contributed by atoms with E-state index < -0.39 is 0 Å². The van der Waals surface area contributed by atoms with Gasteiger partial charge in [-0.25, -0.2) is 4.98 Å². The number of carbonyl (C=O) groups excluding carboxylic acids is 1. The largest absolute Gasteiger partial charge is 0.379 e. The Bertz CT molecular complexity index is 859. The van der Waals surface area contributed by atoms with Crippen LogP contribution in [0.4, 0.5) is 0 Å². The maximum absolute atomic E-state index is 12.8. The van der Waals surface area contributed by atoms with Crippen molar-refractivity contribution < 1.29 is 9.53 Å². The molecule has 0 saturated carbocycles. The van der Waals surface area contributed by atoms with E-state index in [1.807, 2.05) is 41.1 Å². The molecule has 1 aliphatic heterocycles. The molecule has 1 aromatic carbocycles. The van der Waals surface area contributed by atoms with Gasteiger partial charge in [0.25, 0.3) is 5.91 Å². The molecule has 140 valence electrons. The van der Waals surface area contributed by atoms with Gasteiger partial charge in [-0.1, -0.05) is 36.4 Å². The Morgan fingerprint density at radius 3 is 2.70 bits per heavy atom. The smallest absolute Gasteiger partial charge is 0.271 e. The lowest BCUT2D eigenvalue weighted by atomic mass is 10.1. The van der Waals surface area contributed by atoms with E-state index in [0.29, 0.717) is 5.69 Å². The molecule has 1 N–H and O–H groups in total. The molecule has 2 aromatic heterocycles. The highest BCUT2D eigenvalue weighted by Crippen LogP contribution is 2.28. The number of aromatic nitrogens is 1. The lowest BCUT2D eigenvalue weighted by Crippen LogP contribution is -2.43. The number of hydrogen-bond donors (Lipinski definition) is 1. The second-order valence-corrected chi connectivity index (χ2v) is 8.17. The van der Waals surface area contributed by atoms with Gasteiger partial charge in [-0.3, -0.25) is 9.69 Å². The van der Waals surface area contributed by atoms with Crippen molar-refractivity contribution in [2.45, 2.75) is 6.04 Å². The van der Waals surface area contributed by atoms with Crippen molar-refractivity contribution in [1.29, 1.82) is 0 Å². The molecule has 1 saturated heterocycles. The first-order valence-electron chi connectivity index (χ1n) is 8.95. The van der Waals surface area contributed by atoms with Crippen LogP contribution in [0.25, 0.3) is 9.88 Å². The third-order valence-electron chi connectivity index (χ3n) is 4.52. The highest BCUT2D eigenvalue weighted by molar-refractivity contribution is 7.20. The number of amides is 1. The highest BCUT2D eigenvalue weighted by atomic mass is 32.1. The Hall–Kier alpha value is -2.06. The Morgan fingerprint density at radius 2 is 1.96 bits per heavy atom. The van der Waals surface area contributed by atoms with Gasteiger partial charge < -0.3 is 10.1 Å². The zero-order valence-electron chi connectivity index (χ0n) is 14.8. The van der Waals surface area contributed by atoms with Gasteiger partial charge in [0.05, 0.1) is 24.1 Å². The van der Waals surface area contributed by atoms with Gasteiger partial charge >= 0.3 is 0 Å². The van der Waals surface area contributed by atoms with Gasteiger partial charge in [-0.05, 0) is 17.0 Å². The maximum Gasteiger partial charge on any atom is 0.271 e. The van der Waals surface area contributed by atoms with Crippen molar-refractivity contribution in [3.05, 3.63) is 64.5 Å². The average Bonchev–Trinajstić information content (AvgIpc) is 3.41. The molecular formula is C20H21N3O2S2. The van der Waals surface area contributed by atoms with E-state index in [-0.39, 0.29) is 11.9 Å². The monoisotopic (exact) mass is 399 g/mol. The van der Waals surface area contributed by atoms with Crippen LogP contribution in [0, 0.1) is 0 Å². The number of morpholine rings is 1. The first-order valence-corrected chi connectivity index (χ1v) is 10.7. The number of thiophene rings is 1. The van der Waals surface area contributed by atoms with Crippen LogP contribution in [-0.2, 0) is 4.74 Å². The first-order chi connectivity index (χ1) is 13.3. The topological polar surface area (TPSA) is 54.5 Å². The van der Waals surface area contributed by atoms with E-state index in [9.17, 15) is 4.79 Å². The molecule has 7 heteroatoms. The normalized spacial score (nSPS) is 16.1. The van der Waals surface area contributed by atoms with Crippen LogP contribution in [0.5, 0.6) is 0 Å². The van der Waals surface area contributed by atoms with Crippen LogP contribution in [0.3, 0.4) is 0 Å². The summed E-state index contributed by atoms with van der Waals surface area (Å²) in [5, 5.41) is 7.92. The Morgan fingerprint density at radius 1 is 1.15 bits per heavy atom. The molecule has 1 aliphatic rings. The molecule has 0 aliphatic carbocycles. The molecule has 0 bridgehead atoms. The lowest BCUT2D eigenvalue weighted by Gasteiger charge is -2.31. The molecule has 5 nitrogen and oxygen atoms in total. The number of carbonyl (C=O) groups is 1. The number of rotatable bonds is 6. The van der Waals surface area contributed by atoms with Crippen LogP contribution in [0.2, 0.25) is 0 Å². The van der Waals surface area contributed by atoms with Crippen molar-refractivity contribution in [1.82, 2.24) is 15.2 Å². The fourth-order valence-electron chi connectivity index (χ4n) is 3.09. The lowest BCUT2D eigenvalue weighted by molar-refractivity contribution is 0.0332. The fourth-order valence-corrected chi connectivity index (χ4v) is 4.70. The highest BCUT2D eigenvalue weighted by Gasteiger charge is 2.22. The summed E-state index contributed by atoms with van der Waals surface area (Å²) in [4.78, 5) is 20.8. The SMILES string of the molecule is O=C(N[C@H](CN1CCOCC1)c1ccccc1)c1csc(-c2cccs2)n1. The van der Waals surface area contributed by atoms with Gasteiger partial charge in [-0.2, -0.15) is 0 Å². The zero-order chi connectivity index (χ0) is 18.5. The van der Waals surface area contributed by atoms with Crippen LogP contribution in [-0.4, -0.2) is 48.6 Å². The quantitative estimate of drug-likeness (QED) is 0.687. The van der Waals surface area contributed by atoms with Crippen molar-refractivity contribution in [3.8, 4) is 9.88 Å². The minimum absolute atomic E-state index is 0.0799. The van der Waals surface area contributed by atoms with Crippen molar-refractivity contribution in [3.63, 3.8) is 0 Å². The van der Waals surface area contributed by atoms with E-state index in [2.05, 4.69) is 27.3 Å². The number of nitrogens with zero attached hydrogens (tertiary/aromatic N) is 2. The summed E-state index contributed by atoms with van der Waals surface area (Å²) in [5.74, 6) is -0.129. The Kier molecular flexibility index (Phi) is 5.94. The molecule has 1 atom stereocenters. The summed E-state index contributed by atoms with van der Waals surface area (Å²) in [6.45, 7) is 4.02. The maximum atomic E-state index is 12.8. The number of nitrogens with one attached hydrogen (secondary N) is 1. The van der Waals surface area contributed by atoms with Crippen LogP contribution < -0.4 is 5.32 Å². The molecule has 0 radical (unpaired) electrons. The van der Waals surface area contributed by atoms with Crippen LogP contribution in [0.15, 0.2) is 53.2 Å². The van der Waals surface area contributed by atoms with Gasteiger partial charge in [0.2, 0.25) is 0 Å². The number of benzene rings is 1. The molecule has 27 heavy (non-hydrogen) atoms. The third-order valence-corrected chi connectivity index (χ3v) is 6.40. The van der Waals surface area contributed by atoms with Crippen molar-refractivity contribution in [2.75, 3.05) is 32.8 Å². The van der Waals surface area contributed by atoms with E-state index in [1.54, 1.807) is 11.3 Å². The second kappa shape index (κ2) is 8.75. The molecule has 3 aromatic rings. The zero-order valence-corrected chi connectivity index (χ0v) is 16.5.